The van der Waals surface area contributed by atoms with Crippen LogP contribution in [0.5, 0.6) is 5.75 Å². The Labute approximate surface area is 538 Å². The van der Waals surface area contributed by atoms with Crippen LogP contribution in [0.2, 0.25) is 0 Å². The number of carbonyl (C=O) groups excluding carboxylic acids is 1. The van der Waals surface area contributed by atoms with E-state index in [0.717, 1.165) is 30.9 Å². The minimum Gasteiger partial charge on any atom is -0.497 e. The Morgan fingerprint density at radius 2 is 1.05 bits per heavy atom. The number of nitrogens with one attached hydrogen (secondary N) is 1. The number of phosphoric acid groups is 3. The molecule has 3 unspecified atom stereocenters. The third kappa shape index (κ3) is 14.7. The number of aliphatic hydroxyl groups excluding tert-OH is 5. The summed E-state index contributed by atoms with van der Waals surface area (Å²) in [5, 5.41) is 59.6. The number of imidazole rings is 2. The second kappa shape index (κ2) is 28.1. The molecular weight excluding hydrogens is 1350 g/mol. The van der Waals surface area contributed by atoms with Crippen LogP contribution in [0, 0.1) is 0 Å². The lowest BCUT2D eigenvalue weighted by atomic mass is 10.0. The Bertz CT molecular complexity index is 4230. The molecule has 6 aromatic heterocycles. The van der Waals surface area contributed by atoms with Crippen molar-refractivity contribution in [1.82, 2.24) is 63.5 Å². The van der Waals surface area contributed by atoms with Crippen LogP contribution in [0.1, 0.15) is 30.5 Å². The highest BCUT2D eigenvalue weighted by Crippen LogP contribution is 2.54. The highest BCUT2D eigenvalue weighted by molar-refractivity contribution is 7.48. The lowest BCUT2D eigenvalue weighted by Crippen LogP contribution is -2.53. The molecular formula is C50H65N18O25P3. The number of amides is 1. The molecule has 520 valence electrons. The summed E-state index contributed by atoms with van der Waals surface area (Å²) in [7, 11) is -12.0. The lowest BCUT2D eigenvalue weighted by Gasteiger charge is -2.27. The third-order valence-electron chi connectivity index (χ3n) is 15.7. The standard InChI is InChI=1S/C50H65N18O25P3/c1-64(2)41-32-43(58-18-56-41)68(20-60-32)45-33(70)30(63-44(74)23(51)12-21-4-6-22(83-3)7-5-21)25(88-45)14-84-94(77,78)92-38-27(90-46(35(38)72)65-10-8-28(52)61-49(65)75)16-86-96(81,82)93-39-26(89-47(36(39)73)66-11-9-29(53)62-50(66)76)15-85-95(79,80)91-37-24(13-69)87-48(34(37)71)67-19-59-31-40(54)55-17-57-42(31)67/h4-11,17-20,23-27,30,33-39,45-48,69-73H,12-16,51H2,1-3H3,(H,63,74)(H,77,78)(H,79,80)(H,81,82)(H2,52,61,75)(H2,53,62,76)(H2,54,55,57)/t23-,24+,25+,26+,27+,30+,33+,34+,35+,36+,37+,38+,39+,45+,46+,47+,48+/m0/s1. The number of aromatic nitrogens is 12. The second-order valence-corrected chi connectivity index (χ2v) is 26.4. The van der Waals surface area contributed by atoms with Crippen LogP contribution in [0.25, 0.3) is 22.3 Å². The van der Waals surface area contributed by atoms with E-state index in [-0.39, 0.29) is 46.2 Å². The molecule has 0 bridgehead atoms. The number of nitrogens with two attached hydrogens (primary N) is 4. The van der Waals surface area contributed by atoms with Gasteiger partial charge in [-0.1, -0.05) is 12.1 Å². The van der Waals surface area contributed by atoms with Crippen molar-refractivity contribution in [3.05, 3.63) is 101 Å². The molecule has 4 aliphatic rings. The Morgan fingerprint density at radius 1 is 0.615 bits per heavy atom. The van der Waals surface area contributed by atoms with Gasteiger partial charge < -0.3 is 97.0 Å². The van der Waals surface area contributed by atoms with E-state index in [0.29, 0.717) is 26.3 Å². The smallest absolute Gasteiger partial charge is 0.472 e. The van der Waals surface area contributed by atoms with E-state index in [1.165, 1.54) is 35.2 Å². The van der Waals surface area contributed by atoms with Crippen molar-refractivity contribution < 1.29 is 110 Å². The van der Waals surface area contributed by atoms with Gasteiger partial charge >= 0.3 is 34.8 Å². The summed E-state index contributed by atoms with van der Waals surface area (Å²) in [5.74, 6) is -0.475. The van der Waals surface area contributed by atoms with Gasteiger partial charge in [-0.2, -0.15) is 9.97 Å². The molecule has 4 aliphatic heterocycles. The Morgan fingerprint density at radius 3 is 1.54 bits per heavy atom. The van der Waals surface area contributed by atoms with Gasteiger partial charge in [0.1, 0.15) is 103 Å². The van der Waals surface area contributed by atoms with Gasteiger partial charge in [-0.15, -0.1) is 0 Å². The van der Waals surface area contributed by atoms with E-state index in [1.807, 2.05) is 0 Å². The van der Waals surface area contributed by atoms with E-state index >= 15 is 0 Å². The van der Waals surface area contributed by atoms with E-state index in [4.69, 9.17) is 73.8 Å². The number of hydrogen-bond acceptors (Lipinski definition) is 35. The molecule has 0 radical (unpaired) electrons. The van der Waals surface area contributed by atoms with Gasteiger partial charge in [-0.25, -0.2) is 53.2 Å². The zero-order chi connectivity index (χ0) is 68.9. The summed E-state index contributed by atoms with van der Waals surface area (Å²) < 4.78 is 107. The summed E-state index contributed by atoms with van der Waals surface area (Å²) in [4.78, 5) is 108. The average molecular weight is 1410 g/mol. The summed E-state index contributed by atoms with van der Waals surface area (Å²) >= 11 is 0. The maximum Gasteiger partial charge on any atom is 0.472 e. The molecule has 0 spiro atoms. The fourth-order valence-electron chi connectivity index (χ4n) is 11.0. The molecule has 17 N–H and O–H groups in total. The number of carbonyl (C=O) groups is 1. The van der Waals surface area contributed by atoms with Crippen LogP contribution in [-0.4, -0.2) is 231 Å². The van der Waals surface area contributed by atoms with Crippen LogP contribution in [0.4, 0.5) is 23.3 Å². The number of aliphatic hydroxyl groups is 5. The van der Waals surface area contributed by atoms with Gasteiger partial charge in [-0.3, -0.25) is 50.2 Å². The van der Waals surface area contributed by atoms with E-state index < -0.39 is 171 Å². The number of fused-ring (bicyclic) bond motifs is 2. The van der Waals surface area contributed by atoms with Crippen molar-refractivity contribution in [2.24, 2.45) is 5.73 Å². The van der Waals surface area contributed by atoms with Gasteiger partial charge in [0.15, 0.2) is 53.4 Å². The monoisotopic (exact) mass is 1410 g/mol. The lowest BCUT2D eigenvalue weighted by molar-refractivity contribution is -0.124. The van der Waals surface area contributed by atoms with E-state index in [9.17, 15) is 68.3 Å². The summed E-state index contributed by atoms with van der Waals surface area (Å²) in [6, 6.07) is 6.18. The average Bonchev–Trinajstić information content (AvgIpc) is 1.65. The normalized spacial score (nSPS) is 29.7. The first-order valence-corrected chi connectivity index (χ1v) is 33.1. The molecule has 43 nitrogen and oxygen atoms in total. The number of ether oxygens (including phenoxy) is 5. The van der Waals surface area contributed by atoms with Gasteiger partial charge in [-0.05, 0) is 36.2 Å². The highest BCUT2D eigenvalue weighted by atomic mass is 31.2. The van der Waals surface area contributed by atoms with Crippen LogP contribution in [0.15, 0.2) is 83.7 Å². The quantitative estimate of drug-likeness (QED) is 0.0228. The van der Waals surface area contributed by atoms with Gasteiger partial charge in [0.05, 0.1) is 58.3 Å². The molecule has 4 saturated heterocycles. The van der Waals surface area contributed by atoms with E-state index in [2.05, 4.69) is 45.2 Å². The topological polar surface area (TPSA) is 608 Å². The summed E-state index contributed by atoms with van der Waals surface area (Å²) in [6.07, 6.45) is -21.1. The SMILES string of the molecule is COc1ccc(C[C@H](N)C(=O)N[C@H]2[C@@H](O)[C@H](n3cnc4c(N(C)C)ncnc43)O[C@@H]2COP(=O)(O)O[C@H]2[C@@H](O)[C@H](n3ccc(N)nc3=O)O[C@@H]2COP(=O)(O)O[C@H]2[C@@H](O)[C@H](n3ccc(N)nc3=O)O[C@@H]2COP(=O)(O)O[C@H]2[C@@H](O)[C@H](n3cnc4c(N)ncnc43)O[C@@H]2CO)cc1. The van der Waals surface area contributed by atoms with Crippen LogP contribution in [0.3, 0.4) is 0 Å². The highest BCUT2D eigenvalue weighted by Gasteiger charge is 2.55. The number of methoxy groups -OCH3 is 1. The molecule has 4 fully saturated rings. The number of rotatable bonds is 26. The number of benzene rings is 1. The predicted molar refractivity (Wildman–Crippen MR) is 321 cm³/mol. The predicted octanol–water partition coefficient (Wildman–Crippen LogP) is -4.41. The maximum atomic E-state index is 14.2. The second-order valence-electron chi connectivity index (χ2n) is 22.2. The Kier molecular flexibility index (Phi) is 20.5. The number of hydrogen-bond donors (Lipinski definition) is 13. The molecule has 10 heterocycles. The fraction of sp³-hybridized carbons (Fsp3) is 0.500. The summed E-state index contributed by atoms with van der Waals surface area (Å²) in [5.41, 5.74) is 22.6. The van der Waals surface area contributed by atoms with Gasteiger partial charge in [0.2, 0.25) is 5.91 Å². The number of anilines is 4. The van der Waals surface area contributed by atoms with Crippen molar-refractivity contribution in [1.29, 1.82) is 0 Å². The van der Waals surface area contributed by atoms with Crippen molar-refractivity contribution in [3.8, 4) is 5.75 Å². The van der Waals surface area contributed by atoms with Crippen LogP contribution >= 0.6 is 23.5 Å². The summed E-state index contributed by atoms with van der Waals surface area (Å²) in [6.45, 7) is -4.38. The maximum absolute atomic E-state index is 14.2. The van der Waals surface area contributed by atoms with Crippen LogP contribution < -0.4 is 49.3 Å². The first-order chi connectivity index (χ1) is 45.5. The van der Waals surface area contributed by atoms with Crippen molar-refractivity contribution >= 4 is 75.0 Å². The molecule has 11 rings (SSSR count). The first-order valence-electron chi connectivity index (χ1n) is 28.6. The van der Waals surface area contributed by atoms with Crippen molar-refractivity contribution in [2.45, 2.75) is 111 Å². The molecule has 1 aromatic carbocycles. The molecule has 0 saturated carbocycles. The van der Waals surface area contributed by atoms with E-state index in [1.54, 1.807) is 43.3 Å². The Balaban J connectivity index is 0.808. The van der Waals surface area contributed by atoms with Gasteiger partial charge in [0, 0.05) is 26.5 Å². The van der Waals surface area contributed by atoms with Gasteiger partial charge in [0.25, 0.3) is 0 Å². The molecule has 96 heavy (non-hydrogen) atoms. The zero-order valence-corrected chi connectivity index (χ0v) is 52.9. The minimum atomic E-state index is -5.77. The minimum absolute atomic E-state index is 0.00239. The molecule has 7 aromatic rings. The number of phosphoric ester groups is 3. The molecule has 20 atom stereocenters. The zero-order valence-electron chi connectivity index (χ0n) is 50.3. The van der Waals surface area contributed by atoms with Crippen molar-refractivity contribution in [2.75, 3.05) is 69.7 Å². The number of nitrogens with zero attached hydrogens (tertiary/aromatic N) is 13. The first kappa shape index (κ1) is 69.8. The third-order valence-corrected chi connectivity index (χ3v) is 18.6. The van der Waals surface area contributed by atoms with Crippen molar-refractivity contribution in [3.63, 3.8) is 0 Å². The Hall–Kier alpha value is -7.52. The molecule has 1 amide bonds. The number of nitrogen functional groups attached to an aromatic ring is 3. The molecule has 46 heteroatoms. The largest absolute Gasteiger partial charge is 0.497 e. The van der Waals surface area contributed by atoms with Crippen LogP contribution in [-0.2, 0) is 71.0 Å². The fourth-order valence-corrected chi connectivity index (χ4v) is 13.9. The molecule has 0 aliphatic carbocycles.